The monoisotopic (exact) mass is 476 g/mol. The second-order valence-electron chi connectivity index (χ2n) is 7.08. The van der Waals surface area contributed by atoms with Crippen LogP contribution in [-0.4, -0.2) is 12.6 Å². The Morgan fingerprint density at radius 1 is 0.882 bits per heavy atom. The summed E-state index contributed by atoms with van der Waals surface area (Å²) in [4.78, 5) is 24.5. The molecule has 3 aromatic carbocycles. The number of hydrogen-bond donors (Lipinski definition) is 0. The van der Waals surface area contributed by atoms with E-state index in [4.69, 9.17) is 9.15 Å². The summed E-state index contributed by atoms with van der Waals surface area (Å²) < 4.78 is 81.6. The highest BCUT2D eigenvalue weighted by molar-refractivity contribution is 5.88. The predicted octanol–water partition coefficient (Wildman–Crippen LogP) is 5.45. The van der Waals surface area contributed by atoms with Crippen molar-refractivity contribution in [1.29, 1.82) is 0 Å². The first-order valence-corrected chi connectivity index (χ1v) is 9.66. The highest BCUT2D eigenvalue weighted by atomic mass is 19.2. The third kappa shape index (κ3) is 4.09. The zero-order valence-electron chi connectivity index (χ0n) is 17.3. The third-order valence-electron chi connectivity index (χ3n) is 4.94. The maximum absolute atomic E-state index is 13.6. The van der Waals surface area contributed by atoms with E-state index in [-0.39, 0.29) is 11.3 Å². The minimum absolute atomic E-state index is 0.103. The molecular weight excluding hydrogens is 463 g/mol. The van der Waals surface area contributed by atoms with E-state index >= 15 is 0 Å². The molecule has 5 nitrogen and oxygen atoms in total. The third-order valence-corrected chi connectivity index (χ3v) is 4.94. The van der Waals surface area contributed by atoms with E-state index in [1.807, 2.05) is 0 Å². The maximum Gasteiger partial charge on any atom is 0.349 e. The van der Waals surface area contributed by atoms with Gasteiger partial charge in [0.25, 0.3) is 0 Å². The van der Waals surface area contributed by atoms with Gasteiger partial charge in [-0.2, -0.15) is 8.78 Å². The molecule has 34 heavy (non-hydrogen) atoms. The van der Waals surface area contributed by atoms with Gasteiger partial charge in [-0.1, -0.05) is 30.3 Å². The van der Waals surface area contributed by atoms with E-state index in [1.54, 1.807) is 37.3 Å². The van der Waals surface area contributed by atoms with Crippen LogP contribution in [0.1, 0.15) is 5.56 Å². The van der Waals surface area contributed by atoms with Crippen LogP contribution in [-0.2, 0) is 4.79 Å². The van der Waals surface area contributed by atoms with E-state index in [2.05, 4.69) is 4.74 Å². The van der Waals surface area contributed by atoms with Crippen LogP contribution in [0.3, 0.4) is 0 Å². The number of halogens is 5. The van der Waals surface area contributed by atoms with E-state index in [0.717, 1.165) is 0 Å². The van der Waals surface area contributed by atoms with Crippen molar-refractivity contribution in [3.05, 3.63) is 93.6 Å². The quantitative estimate of drug-likeness (QED) is 0.0958. The maximum atomic E-state index is 13.6. The summed E-state index contributed by atoms with van der Waals surface area (Å²) in [6.45, 7) is 0.567. The number of aryl methyl sites for hydroxylation is 1. The van der Waals surface area contributed by atoms with Gasteiger partial charge < -0.3 is 13.9 Å². The number of carbonyl (C=O) groups excluding carboxylic acids is 1. The molecule has 0 radical (unpaired) electrons. The summed E-state index contributed by atoms with van der Waals surface area (Å²) >= 11 is 0. The molecule has 0 spiro atoms. The average molecular weight is 476 g/mol. The molecule has 1 heterocycles. The van der Waals surface area contributed by atoms with Gasteiger partial charge in [0.2, 0.25) is 29.1 Å². The van der Waals surface area contributed by atoms with Gasteiger partial charge in [0.1, 0.15) is 11.3 Å². The molecule has 1 aromatic heterocycles. The van der Waals surface area contributed by atoms with Crippen LogP contribution in [0.15, 0.2) is 57.7 Å². The van der Waals surface area contributed by atoms with Gasteiger partial charge >= 0.3 is 11.6 Å². The number of esters is 1. The van der Waals surface area contributed by atoms with Crippen LogP contribution >= 0.6 is 0 Å². The van der Waals surface area contributed by atoms with E-state index in [1.165, 1.54) is 18.2 Å². The molecule has 0 aliphatic rings. The van der Waals surface area contributed by atoms with Gasteiger partial charge in [-0.15, -0.1) is 0 Å². The van der Waals surface area contributed by atoms with Crippen molar-refractivity contribution in [3.8, 4) is 22.6 Å². The molecule has 0 fully saturated rings. The molecule has 0 aliphatic heterocycles. The molecule has 4 aromatic rings. The fraction of sp³-hybridized carbons (Fsp3) is 0.0833. The number of fused-ring (bicyclic) bond motifs is 1. The Morgan fingerprint density at radius 2 is 1.50 bits per heavy atom. The first-order chi connectivity index (χ1) is 16.2. The van der Waals surface area contributed by atoms with Crippen molar-refractivity contribution in [3.63, 3.8) is 0 Å². The lowest BCUT2D eigenvalue weighted by molar-refractivity contribution is -0.136. The van der Waals surface area contributed by atoms with Crippen LogP contribution in [0, 0.1) is 36.0 Å². The molecule has 0 unspecified atom stereocenters. The van der Waals surface area contributed by atoms with Crippen LogP contribution in [0.4, 0.5) is 22.0 Å². The Balaban J connectivity index is 1.55. The SMILES string of the molecule is Cc1c(-c2ccccc2)c(=O)oc2cc(OC(=O)COc3c(F)c(F)c(F)c(F)c3F)ccc12. The topological polar surface area (TPSA) is 65.7 Å². The minimum atomic E-state index is -2.35. The van der Waals surface area contributed by atoms with Gasteiger partial charge in [-0.25, -0.2) is 22.8 Å². The lowest BCUT2D eigenvalue weighted by Crippen LogP contribution is -2.19. The molecule has 0 N–H and O–H groups in total. The first kappa shape index (κ1) is 23.0. The van der Waals surface area contributed by atoms with Crippen molar-refractivity contribution in [2.75, 3.05) is 6.61 Å². The Hall–Kier alpha value is -4.21. The Kier molecular flexibility index (Phi) is 6.06. The van der Waals surface area contributed by atoms with Crippen molar-refractivity contribution < 1.29 is 40.6 Å². The number of rotatable bonds is 5. The van der Waals surface area contributed by atoms with Gasteiger partial charge in [0.05, 0.1) is 5.56 Å². The molecule has 4 rings (SSSR count). The summed E-state index contributed by atoms with van der Waals surface area (Å²) in [5, 5.41) is 0.566. The van der Waals surface area contributed by atoms with Gasteiger partial charge in [0.15, 0.2) is 12.4 Å². The Labute approximate surface area is 188 Å². The second kappa shape index (κ2) is 8.97. The summed E-state index contributed by atoms with van der Waals surface area (Å²) in [6, 6.07) is 13.0. The molecule has 0 saturated heterocycles. The van der Waals surface area contributed by atoms with Crippen molar-refractivity contribution in [1.82, 2.24) is 0 Å². The van der Waals surface area contributed by atoms with Gasteiger partial charge in [-0.3, -0.25) is 0 Å². The van der Waals surface area contributed by atoms with Gasteiger partial charge in [0, 0.05) is 11.5 Å². The van der Waals surface area contributed by atoms with Crippen molar-refractivity contribution in [2.45, 2.75) is 6.92 Å². The summed E-state index contributed by atoms with van der Waals surface area (Å²) in [7, 11) is 0. The molecular formula is C24H13F5O5. The van der Waals surface area contributed by atoms with Crippen molar-refractivity contribution in [2.24, 2.45) is 0 Å². The Morgan fingerprint density at radius 3 is 2.15 bits per heavy atom. The van der Waals surface area contributed by atoms with Crippen LogP contribution < -0.4 is 15.1 Å². The summed E-state index contributed by atoms with van der Waals surface area (Å²) in [6.07, 6.45) is 0. The molecule has 0 amide bonds. The second-order valence-corrected chi connectivity index (χ2v) is 7.08. The lowest BCUT2D eigenvalue weighted by Gasteiger charge is -2.11. The predicted molar refractivity (Wildman–Crippen MR) is 110 cm³/mol. The highest BCUT2D eigenvalue weighted by Crippen LogP contribution is 2.30. The highest BCUT2D eigenvalue weighted by Gasteiger charge is 2.27. The van der Waals surface area contributed by atoms with Crippen LogP contribution in [0.25, 0.3) is 22.1 Å². The minimum Gasteiger partial charge on any atom is -0.476 e. The Bertz CT molecular complexity index is 1450. The van der Waals surface area contributed by atoms with Crippen LogP contribution in [0.2, 0.25) is 0 Å². The van der Waals surface area contributed by atoms with E-state index in [0.29, 0.717) is 22.1 Å². The van der Waals surface area contributed by atoms with Gasteiger partial charge in [-0.05, 0) is 30.2 Å². The van der Waals surface area contributed by atoms with E-state index < -0.39 is 53.0 Å². The summed E-state index contributed by atoms with van der Waals surface area (Å²) in [5.74, 6) is -14.1. The first-order valence-electron chi connectivity index (χ1n) is 9.66. The summed E-state index contributed by atoms with van der Waals surface area (Å²) in [5.41, 5.74) is 1.15. The fourth-order valence-electron chi connectivity index (χ4n) is 3.34. The van der Waals surface area contributed by atoms with E-state index in [9.17, 15) is 31.5 Å². The molecule has 0 bridgehead atoms. The average Bonchev–Trinajstić information content (AvgIpc) is 2.82. The van der Waals surface area contributed by atoms with Crippen molar-refractivity contribution >= 4 is 16.9 Å². The lowest BCUT2D eigenvalue weighted by atomic mass is 10.00. The number of hydrogen-bond acceptors (Lipinski definition) is 5. The molecule has 10 heteroatoms. The smallest absolute Gasteiger partial charge is 0.349 e. The number of benzene rings is 3. The standard InChI is InChI=1S/C24H13F5O5/c1-11-14-8-7-13(9-15(14)34-24(31)17(11)12-5-3-2-4-6-12)33-16(30)10-32-23-21(28)19(26)18(25)20(27)22(23)29/h2-9H,10H2,1H3. The molecule has 0 saturated carbocycles. The zero-order valence-corrected chi connectivity index (χ0v) is 17.3. The molecule has 174 valence electrons. The molecule has 0 atom stereocenters. The number of carbonyl (C=O) groups is 1. The fourth-order valence-corrected chi connectivity index (χ4v) is 3.34. The number of ether oxygens (including phenoxy) is 2. The zero-order chi connectivity index (χ0) is 24.6. The van der Waals surface area contributed by atoms with Crippen LogP contribution in [0.5, 0.6) is 11.5 Å². The normalized spacial score (nSPS) is 11.0. The molecule has 0 aliphatic carbocycles. The largest absolute Gasteiger partial charge is 0.476 e.